The summed E-state index contributed by atoms with van der Waals surface area (Å²) < 4.78 is 1.73. The minimum absolute atomic E-state index is 0.126. The molecule has 0 radical (unpaired) electrons. The van der Waals surface area contributed by atoms with Crippen molar-refractivity contribution in [3.8, 4) is 11.1 Å². The van der Waals surface area contributed by atoms with Crippen LogP contribution in [0.5, 0.6) is 0 Å². The zero-order valence-electron chi connectivity index (χ0n) is 11.9. The fourth-order valence-electron chi connectivity index (χ4n) is 2.22. The summed E-state index contributed by atoms with van der Waals surface area (Å²) in [7, 11) is 0. The van der Waals surface area contributed by atoms with E-state index in [1.165, 1.54) is 16.7 Å². The molecular weight excluding hydrogens is 262 g/mol. The van der Waals surface area contributed by atoms with Gasteiger partial charge in [0.25, 0.3) is 0 Å². The van der Waals surface area contributed by atoms with Crippen LogP contribution in [0.1, 0.15) is 17.0 Å². The van der Waals surface area contributed by atoms with Crippen LogP contribution < -0.4 is 0 Å². The van der Waals surface area contributed by atoms with E-state index in [0.717, 1.165) is 5.56 Å². The summed E-state index contributed by atoms with van der Waals surface area (Å²) in [5.41, 5.74) is 4.84. The van der Waals surface area contributed by atoms with Gasteiger partial charge in [0.05, 0.1) is 6.54 Å². The third kappa shape index (κ3) is 3.17. The van der Waals surface area contributed by atoms with Gasteiger partial charge in [-0.15, -0.1) is 0 Å². The van der Waals surface area contributed by atoms with E-state index in [2.05, 4.69) is 65.5 Å². The molecule has 4 heteroatoms. The molecule has 3 aromatic rings. The van der Waals surface area contributed by atoms with E-state index < -0.39 is 0 Å². The molecule has 1 heterocycles. The van der Waals surface area contributed by atoms with Crippen LogP contribution in [0.3, 0.4) is 0 Å². The highest BCUT2D eigenvalue weighted by atomic mass is 16.3. The Morgan fingerprint density at radius 2 is 1.57 bits per heavy atom. The quantitative estimate of drug-likeness (QED) is 0.799. The molecule has 1 N–H and O–H groups in total. The molecule has 3 rings (SSSR count). The van der Waals surface area contributed by atoms with Crippen LogP contribution in [0.2, 0.25) is 0 Å². The second kappa shape index (κ2) is 5.89. The lowest BCUT2D eigenvalue weighted by Gasteiger charge is -2.05. The largest absolute Gasteiger partial charge is 0.388 e. The van der Waals surface area contributed by atoms with Gasteiger partial charge >= 0.3 is 0 Å². The number of aryl methyl sites for hydroxylation is 1. The highest BCUT2D eigenvalue weighted by Gasteiger charge is 2.02. The monoisotopic (exact) mass is 279 g/mol. The number of nitrogens with zero attached hydrogens (tertiary/aromatic N) is 3. The van der Waals surface area contributed by atoms with E-state index >= 15 is 0 Å². The van der Waals surface area contributed by atoms with Crippen LogP contribution in [0.15, 0.2) is 54.9 Å². The smallest absolute Gasteiger partial charge is 0.175 e. The molecule has 0 aliphatic rings. The molecule has 0 saturated carbocycles. The summed E-state index contributed by atoms with van der Waals surface area (Å²) >= 11 is 0. The van der Waals surface area contributed by atoms with Gasteiger partial charge in [0, 0.05) is 0 Å². The van der Waals surface area contributed by atoms with Crippen molar-refractivity contribution in [2.45, 2.75) is 20.1 Å². The van der Waals surface area contributed by atoms with Crippen LogP contribution in [-0.2, 0) is 13.2 Å². The predicted molar refractivity (Wildman–Crippen MR) is 81.7 cm³/mol. The van der Waals surface area contributed by atoms with Gasteiger partial charge < -0.3 is 5.11 Å². The number of benzene rings is 2. The highest BCUT2D eigenvalue weighted by molar-refractivity contribution is 5.63. The Balaban J connectivity index is 1.76. The molecule has 0 spiro atoms. The minimum atomic E-state index is -0.126. The van der Waals surface area contributed by atoms with Gasteiger partial charge in [-0.1, -0.05) is 54.1 Å². The molecule has 0 fully saturated rings. The van der Waals surface area contributed by atoms with Crippen molar-refractivity contribution in [2.75, 3.05) is 0 Å². The standard InChI is InChI=1S/C17H17N3O/c1-13-2-6-15(7-3-13)16-8-4-14(5-9-16)10-20-12-18-17(11-21)19-20/h2-9,12,21H,10-11H2,1H3. The molecule has 0 bridgehead atoms. The van der Waals surface area contributed by atoms with Crippen molar-refractivity contribution in [2.24, 2.45) is 0 Å². The van der Waals surface area contributed by atoms with Crippen LogP contribution in [0, 0.1) is 6.92 Å². The molecule has 1 aromatic heterocycles. The molecule has 0 aliphatic heterocycles. The van der Waals surface area contributed by atoms with Gasteiger partial charge in [0.2, 0.25) is 0 Å². The first-order valence-corrected chi connectivity index (χ1v) is 6.90. The van der Waals surface area contributed by atoms with Crippen molar-refractivity contribution in [3.63, 3.8) is 0 Å². The van der Waals surface area contributed by atoms with E-state index in [1.807, 2.05) is 0 Å². The number of aliphatic hydroxyl groups excluding tert-OH is 1. The number of aliphatic hydroxyl groups is 1. The average molecular weight is 279 g/mol. The molecule has 2 aromatic carbocycles. The van der Waals surface area contributed by atoms with Crippen molar-refractivity contribution >= 4 is 0 Å². The summed E-state index contributed by atoms with van der Waals surface area (Å²) in [6.45, 7) is 2.62. The van der Waals surface area contributed by atoms with E-state index in [-0.39, 0.29) is 6.61 Å². The first-order chi connectivity index (χ1) is 10.2. The lowest BCUT2D eigenvalue weighted by atomic mass is 10.0. The van der Waals surface area contributed by atoms with Gasteiger partial charge in [0.15, 0.2) is 5.82 Å². The SMILES string of the molecule is Cc1ccc(-c2ccc(Cn3cnc(CO)n3)cc2)cc1. The average Bonchev–Trinajstić information content (AvgIpc) is 2.97. The number of rotatable bonds is 4. The zero-order valence-corrected chi connectivity index (χ0v) is 11.9. The molecule has 106 valence electrons. The first-order valence-electron chi connectivity index (χ1n) is 6.90. The molecule has 21 heavy (non-hydrogen) atoms. The fraction of sp³-hybridized carbons (Fsp3) is 0.176. The van der Waals surface area contributed by atoms with E-state index in [9.17, 15) is 0 Å². The lowest BCUT2D eigenvalue weighted by Crippen LogP contribution is -2.01. The first kappa shape index (κ1) is 13.5. The van der Waals surface area contributed by atoms with Gasteiger partial charge in [-0.05, 0) is 23.6 Å². The highest BCUT2D eigenvalue weighted by Crippen LogP contribution is 2.20. The Labute approximate surface area is 123 Å². The van der Waals surface area contributed by atoms with Gasteiger partial charge in [-0.3, -0.25) is 0 Å². The van der Waals surface area contributed by atoms with Crippen molar-refractivity contribution in [1.29, 1.82) is 0 Å². The Hall–Kier alpha value is -2.46. The molecule has 0 aliphatic carbocycles. The van der Waals surface area contributed by atoms with Crippen LogP contribution in [0.4, 0.5) is 0 Å². The van der Waals surface area contributed by atoms with Crippen LogP contribution in [0.25, 0.3) is 11.1 Å². The molecular formula is C17H17N3O. The summed E-state index contributed by atoms with van der Waals surface area (Å²) in [6, 6.07) is 16.9. The molecule has 0 atom stereocenters. The summed E-state index contributed by atoms with van der Waals surface area (Å²) in [4.78, 5) is 4.01. The van der Waals surface area contributed by atoms with Gasteiger partial charge in [0.1, 0.15) is 12.9 Å². The Morgan fingerprint density at radius 1 is 0.952 bits per heavy atom. The molecule has 4 nitrogen and oxygen atoms in total. The Kier molecular flexibility index (Phi) is 3.79. The number of hydrogen-bond donors (Lipinski definition) is 1. The second-order valence-electron chi connectivity index (χ2n) is 5.08. The topological polar surface area (TPSA) is 50.9 Å². The lowest BCUT2D eigenvalue weighted by molar-refractivity contribution is 0.271. The molecule has 0 unspecified atom stereocenters. The molecule has 0 saturated heterocycles. The zero-order chi connectivity index (χ0) is 14.7. The number of hydrogen-bond acceptors (Lipinski definition) is 3. The second-order valence-corrected chi connectivity index (χ2v) is 5.08. The van der Waals surface area contributed by atoms with Gasteiger partial charge in [-0.25, -0.2) is 9.67 Å². The normalized spacial score (nSPS) is 10.8. The summed E-state index contributed by atoms with van der Waals surface area (Å²) in [5.74, 6) is 0.450. The maximum Gasteiger partial charge on any atom is 0.175 e. The maximum atomic E-state index is 8.96. The van der Waals surface area contributed by atoms with Gasteiger partial charge in [-0.2, -0.15) is 5.10 Å². The van der Waals surface area contributed by atoms with Crippen LogP contribution >= 0.6 is 0 Å². The Bertz CT molecular complexity index is 715. The minimum Gasteiger partial charge on any atom is -0.388 e. The molecule has 0 amide bonds. The third-order valence-corrected chi connectivity index (χ3v) is 3.41. The number of aromatic nitrogens is 3. The van der Waals surface area contributed by atoms with E-state index in [1.54, 1.807) is 11.0 Å². The third-order valence-electron chi connectivity index (χ3n) is 3.41. The predicted octanol–water partition coefficient (Wildman–Crippen LogP) is 2.79. The van der Waals surface area contributed by atoms with E-state index in [4.69, 9.17) is 5.11 Å². The maximum absolute atomic E-state index is 8.96. The summed E-state index contributed by atoms with van der Waals surface area (Å²) in [6.07, 6.45) is 1.64. The van der Waals surface area contributed by atoms with Crippen molar-refractivity contribution in [1.82, 2.24) is 14.8 Å². The summed E-state index contributed by atoms with van der Waals surface area (Å²) in [5, 5.41) is 13.1. The van der Waals surface area contributed by atoms with Crippen molar-refractivity contribution in [3.05, 3.63) is 71.8 Å². The van der Waals surface area contributed by atoms with Crippen LogP contribution in [-0.4, -0.2) is 19.9 Å². The van der Waals surface area contributed by atoms with E-state index in [0.29, 0.717) is 12.4 Å². The Morgan fingerprint density at radius 3 is 2.14 bits per heavy atom. The fourth-order valence-corrected chi connectivity index (χ4v) is 2.22. The van der Waals surface area contributed by atoms with Crippen molar-refractivity contribution < 1.29 is 5.11 Å².